The fourth-order valence-corrected chi connectivity index (χ4v) is 4.73. The summed E-state index contributed by atoms with van der Waals surface area (Å²) in [5.74, 6) is 1.11. The zero-order chi connectivity index (χ0) is 21.4. The summed E-state index contributed by atoms with van der Waals surface area (Å²) in [6, 6.07) is 12.9. The molecule has 0 unspecified atom stereocenters. The highest BCUT2D eigenvalue weighted by molar-refractivity contribution is 5.96. The van der Waals surface area contributed by atoms with Gasteiger partial charge in [0.25, 0.3) is 11.6 Å². The normalized spacial score (nSPS) is 17.4. The van der Waals surface area contributed by atoms with Crippen molar-refractivity contribution in [2.45, 2.75) is 31.6 Å². The Bertz CT molecular complexity index is 1090. The van der Waals surface area contributed by atoms with Gasteiger partial charge >= 0.3 is 0 Å². The van der Waals surface area contributed by atoms with Gasteiger partial charge in [0.05, 0.1) is 16.0 Å². The lowest BCUT2D eigenvalue weighted by Gasteiger charge is -2.31. The Labute approximate surface area is 180 Å². The van der Waals surface area contributed by atoms with Crippen LogP contribution in [0.3, 0.4) is 0 Å². The molecule has 8 heteroatoms. The molecule has 31 heavy (non-hydrogen) atoms. The molecule has 160 valence electrons. The Morgan fingerprint density at radius 3 is 2.52 bits per heavy atom. The van der Waals surface area contributed by atoms with Gasteiger partial charge in [-0.05, 0) is 49.9 Å². The molecular weight excluding hydrogens is 394 g/mol. The van der Waals surface area contributed by atoms with Crippen LogP contribution in [-0.4, -0.2) is 51.9 Å². The highest BCUT2D eigenvalue weighted by Gasteiger charge is 2.29. The minimum Gasteiger partial charge on any atom is -0.366 e. The number of H-pyrrole nitrogens is 1. The summed E-state index contributed by atoms with van der Waals surface area (Å²) < 4.78 is 0. The van der Waals surface area contributed by atoms with Gasteiger partial charge in [-0.15, -0.1) is 0 Å². The number of nitro benzene ring substituents is 1. The largest absolute Gasteiger partial charge is 0.366 e. The zero-order valence-corrected chi connectivity index (χ0v) is 17.3. The molecule has 2 fully saturated rings. The number of anilines is 1. The molecule has 3 heterocycles. The molecule has 0 radical (unpaired) electrons. The Balaban J connectivity index is 1.29. The van der Waals surface area contributed by atoms with E-state index >= 15 is 0 Å². The summed E-state index contributed by atoms with van der Waals surface area (Å²) in [5.41, 5.74) is 3.01. The van der Waals surface area contributed by atoms with Crippen LogP contribution in [0.2, 0.25) is 0 Å². The van der Waals surface area contributed by atoms with Gasteiger partial charge in [-0.1, -0.05) is 12.1 Å². The number of carbonyl (C=O) groups excluding carboxylic acids is 1. The van der Waals surface area contributed by atoms with Crippen LogP contribution in [0.1, 0.15) is 47.8 Å². The minimum absolute atomic E-state index is 0.0184. The molecule has 3 aromatic rings. The number of imidazole rings is 1. The van der Waals surface area contributed by atoms with Crippen LogP contribution in [0.25, 0.3) is 11.0 Å². The molecule has 1 N–H and O–H groups in total. The molecule has 2 saturated heterocycles. The lowest BCUT2D eigenvalue weighted by atomic mass is 9.95. The van der Waals surface area contributed by atoms with E-state index in [1.807, 2.05) is 29.2 Å². The second kappa shape index (κ2) is 8.02. The predicted octanol–water partition coefficient (Wildman–Crippen LogP) is 4.09. The van der Waals surface area contributed by atoms with Crippen LogP contribution in [0, 0.1) is 10.1 Å². The molecule has 0 aliphatic carbocycles. The summed E-state index contributed by atoms with van der Waals surface area (Å²) in [4.78, 5) is 36.3. The van der Waals surface area contributed by atoms with Gasteiger partial charge in [0.2, 0.25) is 0 Å². The molecule has 8 nitrogen and oxygen atoms in total. The van der Waals surface area contributed by atoms with Gasteiger partial charge in [-0.2, -0.15) is 0 Å². The number of aromatic amines is 1. The first kappa shape index (κ1) is 19.5. The number of nitrogens with zero attached hydrogens (tertiary/aromatic N) is 4. The summed E-state index contributed by atoms with van der Waals surface area (Å²) in [6.45, 7) is 2.87. The second-order valence-electron chi connectivity index (χ2n) is 8.36. The number of aromatic nitrogens is 2. The third-order valence-corrected chi connectivity index (χ3v) is 6.44. The van der Waals surface area contributed by atoms with E-state index in [0.29, 0.717) is 24.3 Å². The van der Waals surface area contributed by atoms with Crippen molar-refractivity contribution < 1.29 is 9.72 Å². The molecule has 0 spiro atoms. The quantitative estimate of drug-likeness (QED) is 0.508. The first-order chi connectivity index (χ1) is 15.1. The highest BCUT2D eigenvalue weighted by atomic mass is 16.6. The molecule has 0 atom stereocenters. The van der Waals surface area contributed by atoms with Crippen molar-refractivity contribution in [3.8, 4) is 0 Å². The Kier molecular flexibility index (Phi) is 5.05. The van der Waals surface area contributed by atoms with Crippen molar-refractivity contribution in [3.05, 3.63) is 64.0 Å². The Hall–Kier alpha value is -3.42. The van der Waals surface area contributed by atoms with Crippen molar-refractivity contribution in [1.29, 1.82) is 0 Å². The van der Waals surface area contributed by atoms with Crippen LogP contribution < -0.4 is 4.90 Å². The summed E-state index contributed by atoms with van der Waals surface area (Å²) >= 11 is 0. The molecule has 0 saturated carbocycles. The number of nitrogens with one attached hydrogen (secondary N) is 1. The zero-order valence-electron chi connectivity index (χ0n) is 17.3. The SMILES string of the molecule is O=C(c1ccc(N2CCCC2)c([N+](=O)[O-])c1)N1CCC(c2nc3ccccc3[nH]2)CC1. The standard InChI is InChI=1S/C23H25N5O3/c29-23(17-7-8-20(21(15-17)28(30)31)26-11-3-4-12-26)27-13-9-16(10-14-27)22-24-18-5-1-2-6-19(18)25-22/h1-2,5-8,15-16H,3-4,9-14H2,(H,24,25). The van der Waals surface area contributed by atoms with Gasteiger partial charge in [-0.3, -0.25) is 14.9 Å². The molecule has 2 aromatic carbocycles. The molecule has 0 bridgehead atoms. The van der Waals surface area contributed by atoms with Gasteiger partial charge in [0.15, 0.2) is 0 Å². The molecule has 1 aromatic heterocycles. The van der Waals surface area contributed by atoms with Crippen LogP contribution in [0.4, 0.5) is 11.4 Å². The lowest BCUT2D eigenvalue weighted by molar-refractivity contribution is -0.384. The fraction of sp³-hybridized carbons (Fsp3) is 0.391. The number of nitro groups is 1. The summed E-state index contributed by atoms with van der Waals surface area (Å²) in [7, 11) is 0. The average molecular weight is 419 g/mol. The molecule has 2 aliphatic rings. The number of hydrogen-bond donors (Lipinski definition) is 1. The van der Waals surface area contributed by atoms with Crippen molar-refractivity contribution in [1.82, 2.24) is 14.9 Å². The molecular formula is C23H25N5O3. The van der Waals surface area contributed by atoms with E-state index in [4.69, 9.17) is 4.98 Å². The first-order valence-corrected chi connectivity index (χ1v) is 10.9. The maximum atomic E-state index is 13.1. The van der Waals surface area contributed by atoms with E-state index in [1.54, 1.807) is 17.0 Å². The van der Waals surface area contributed by atoms with E-state index in [0.717, 1.165) is 55.6 Å². The fourth-order valence-electron chi connectivity index (χ4n) is 4.73. The van der Waals surface area contributed by atoms with Crippen molar-refractivity contribution in [2.75, 3.05) is 31.1 Å². The van der Waals surface area contributed by atoms with Crippen LogP contribution in [-0.2, 0) is 0 Å². The number of para-hydroxylation sites is 2. The van der Waals surface area contributed by atoms with Gasteiger partial charge in [-0.25, -0.2) is 4.98 Å². The van der Waals surface area contributed by atoms with Gasteiger partial charge in [0, 0.05) is 43.7 Å². The molecule has 2 aliphatic heterocycles. The minimum atomic E-state index is -0.377. The van der Waals surface area contributed by atoms with Gasteiger partial charge < -0.3 is 14.8 Å². The maximum absolute atomic E-state index is 13.1. The summed E-state index contributed by atoms with van der Waals surface area (Å²) in [5, 5.41) is 11.6. The number of hydrogen-bond acceptors (Lipinski definition) is 5. The van der Waals surface area contributed by atoms with E-state index < -0.39 is 0 Å². The van der Waals surface area contributed by atoms with E-state index in [2.05, 4.69) is 4.98 Å². The Morgan fingerprint density at radius 2 is 1.81 bits per heavy atom. The number of rotatable bonds is 4. The monoisotopic (exact) mass is 419 g/mol. The van der Waals surface area contributed by atoms with E-state index in [9.17, 15) is 14.9 Å². The summed E-state index contributed by atoms with van der Waals surface area (Å²) in [6.07, 6.45) is 3.72. The van der Waals surface area contributed by atoms with Crippen LogP contribution >= 0.6 is 0 Å². The van der Waals surface area contributed by atoms with E-state index in [1.165, 1.54) is 6.07 Å². The van der Waals surface area contributed by atoms with Crippen molar-refractivity contribution in [2.24, 2.45) is 0 Å². The van der Waals surface area contributed by atoms with Crippen molar-refractivity contribution >= 4 is 28.3 Å². The molecule has 5 rings (SSSR count). The van der Waals surface area contributed by atoms with Crippen LogP contribution in [0.15, 0.2) is 42.5 Å². The topological polar surface area (TPSA) is 95.4 Å². The number of piperidine rings is 1. The third-order valence-electron chi connectivity index (χ3n) is 6.44. The Morgan fingerprint density at radius 1 is 1.06 bits per heavy atom. The number of fused-ring (bicyclic) bond motifs is 1. The number of carbonyl (C=O) groups is 1. The average Bonchev–Trinajstić information content (AvgIpc) is 3.48. The number of amides is 1. The van der Waals surface area contributed by atoms with Crippen molar-refractivity contribution in [3.63, 3.8) is 0 Å². The van der Waals surface area contributed by atoms with Gasteiger partial charge in [0.1, 0.15) is 11.5 Å². The maximum Gasteiger partial charge on any atom is 0.293 e. The predicted molar refractivity (Wildman–Crippen MR) is 119 cm³/mol. The lowest BCUT2D eigenvalue weighted by Crippen LogP contribution is -2.38. The molecule has 1 amide bonds. The number of likely N-dealkylation sites (tertiary alicyclic amines) is 1. The highest BCUT2D eigenvalue weighted by Crippen LogP contribution is 2.33. The van der Waals surface area contributed by atoms with E-state index in [-0.39, 0.29) is 22.4 Å². The van der Waals surface area contributed by atoms with Crippen LogP contribution in [0.5, 0.6) is 0 Å². The second-order valence-corrected chi connectivity index (χ2v) is 8.36. The smallest absolute Gasteiger partial charge is 0.293 e. The number of benzene rings is 2. The first-order valence-electron chi connectivity index (χ1n) is 10.9. The third kappa shape index (κ3) is 3.73.